The first-order valence-corrected chi connectivity index (χ1v) is 14.7. The molecule has 13 heteroatoms. The second-order valence-corrected chi connectivity index (χ2v) is 11.7. The van der Waals surface area contributed by atoms with Gasteiger partial charge in [0, 0.05) is 67.3 Å². The van der Waals surface area contributed by atoms with Crippen molar-refractivity contribution >= 4 is 39.0 Å². The van der Waals surface area contributed by atoms with Crippen molar-refractivity contribution in [3.8, 4) is 11.4 Å². The molecule has 1 atom stereocenters. The number of piperazine rings is 1. The predicted octanol–water partition coefficient (Wildman–Crippen LogP) is 2.88. The van der Waals surface area contributed by atoms with Gasteiger partial charge in [-0.15, -0.1) is 0 Å². The Morgan fingerprint density at radius 3 is 2.46 bits per heavy atom. The van der Waals surface area contributed by atoms with Crippen LogP contribution in [0, 0.1) is 5.82 Å². The van der Waals surface area contributed by atoms with Crippen molar-refractivity contribution in [2.45, 2.75) is 13.0 Å². The van der Waals surface area contributed by atoms with Crippen molar-refractivity contribution in [1.82, 2.24) is 19.6 Å². The zero-order valence-electron chi connectivity index (χ0n) is 21.7. The summed E-state index contributed by atoms with van der Waals surface area (Å²) in [6, 6.07) is 11.7. The second-order valence-electron chi connectivity index (χ2n) is 9.39. The van der Waals surface area contributed by atoms with Gasteiger partial charge < -0.3 is 16.0 Å². The minimum Gasteiger partial charge on any atom is -0.369 e. The van der Waals surface area contributed by atoms with Crippen LogP contribution in [0.3, 0.4) is 0 Å². The van der Waals surface area contributed by atoms with E-state index in [9.17, 15) is 17.6 Å². The van der Waals surface area contributed by atoms with Gasteiger partial charge in [-0.3, -0.25) is 9.69 Å². The molecule has 2 aromatic carbocycles. The number of nitrogens with one attached hydrogen (secondary N) is 2. The molecule has 1 amide bonds. The first-order chi connectivity index (χ1) is 18.5. The molecule has 4 rings (SSSR count). The van der Waals surface area contributed by atoms with E-state index in [1.54, 1.807) is 19.1 Å². The molecule has 1 fully saturated rings. The highest BCUT2D eigenvalue weighted by molar-refractivity contribution is 7.88. The number of carbonyl (C=O) groups excluding carboxylic acids is 1. The van der Waals surface area contributed by atoms with E-state index in [1.807, 2.05) is 24.3 Å². The van der Waals surface area contributed by atoms with Gasteiger partial charge >= 0.3 is 0 Å². The summed E-state index contributed by atoms with van der Waals surface area (Å²) in [4.78, 5) is 25.4. The van der Waals surface area contributed by atoms with Gasteiger partial charge in [-0.2, -0.15) is 0 Å². The lowest BCUT2D eigenvalue weighted by Crippen LogP contribution is -2.48. The van der Waals surface area contributed by atoms with Crippen LogP contribution in [0.15, 0.2) is 48.7 Å². The summed E-state index contributed by atoms with van der Waals surface area (Å²) in [5.74, 6) is -0.574. The summed E-state index contributed by atoms with van der Waals surface area (Å²) in [5, 5.41) is 3.37. The van der Waals surface area contributed by atoms with Crippen molar-refractivity contribution in [3.05, 3.63) is 70.6 Å². The lowest BCUT2D eigenvalue weighted by molar-refractivity contribution is 0.100. The fraction of sp³-hybridized carbons (Fsp3) is 0.346. The molecular weight excluding hydrogens is 545 g/mol. The zero-order valence-corrected chi connectivity index (χ0v) is 23.3. The lowest BCUT2D eigenvalue weighted by atomic mass is 10.1. The lowest BCUT2D eigenvalue weighted by Gasteiger charge is -2.36. The van der Waals surface area contributed by atoms with E-state index < -0.39 is 27.8 Å². The molecule has 3 aromatic rings. The minimum absolute atomic E-state index is 0.0983. The molecule has 1 aromatic heterocycles. The minimum atomic E-state index is -3.18. The number of nitrogens with two attached hydrogens (primary N) is 1. The van der Waals surface area contributed by atoms with Crippen LogP contribution in [-0.4, -0.2) is 74.7 Å². The molecule has 1 aliphatic rings. The Labute approximate surface area is 232 Å². The van der Waals surface area contributed by atoms with Crippen molar-refractivity contribution in [3.63, 3.8) is 0 Å². The Hall–Kier alpha value is -3.32. The summed E-state index contributed by atoms with van der Waals surface area (Å²) in [6.45, 7) is 6.09. The smallest absolute Gasteiger partial charge is 0.254 e. The molecule has 0 aliphatic carbocycles. The quantitative estimate of drug-likeness (QED) is 0.336. The van der Waals surface area contributed by atoms with Gasteiger partial charge in [0.05, 0.1) is 17.9 Å². The van der Waals surface area contributed by atoms with Gasteiger partial charge in [0.15, 0.2) is 5.82 Å². The van der Waals surface area contributed by atoms with Gasteiger partial charge in [-0.05, 0) is 43.3 Å². The SMILES string of the molecule is C[C@H](Nc1nc(-c2ccc(N3CCN(CCNS(C)(=O)=O)CC3)cc2)ncc1C(N)=O)c1ccc(Cl)cc1F. The van der Waals surface area contributed by atoms with Crippen LogP contribution < -0.4 is 20.7 Å². The van der Waals surface area contributed by atoms with E-state index in [1.165, 1.54) is 12.3 Å². The van der Waals surface area contributed by atoms with Gasteiger partial charge in [0.2, 0.25) is 10.0 Å². The number of amides is 1. The number of aromatic nitrogens is 2. The molecule has 39 heavy (non-hydrogen) atoms. The second kappa shape index (κ2) is 12.2. The number of carbonyl (C=O) groups is 1. The van der Waals surface area contributed by atoms with Crippen LogP contribution >= 0.6 is 11.6 Å². The van der Waals surface area contributed by atoms with Crippen LogP contribution in [0.25, 0.3) is 11.4 Å². The molecule has 2 heterocycles. The van der Waals surface area contributed by atoms with Crippen molar-refractivity contribution in [1.29, 1.82) is 0 Å². The van der Waals surface area contributed by atoms with E-state index in [4.69, 9.17) is 17.3 Å². The highest BCUT2D eigenvalue weighted by Gasteiger charge is 2.20. The number of anilines is 2. The Kier molecular flexibility index (Phi) is 9.01. The molecule has 0 saturated carbocycles. The van der Waals surface area contributed by atoms with Gasteiger partial charge in [-0.1, -0.05) is 17.7 Å². The Balaban J connectivity index is 1.44. The molecule has 1 aliphatic heterocycles. The normalized spacial score (nSPS) is 15.2. The summed E-state index contributed by atoms with van der Waals surface area (Å²) in [5.41, 5.74) is 7.79. The molecular formula is C26H31ClFN7O3S. The van der Waals surface area contributed by atoms with Crippen molar-refractivity contribution in [2.24, 2.45) is 5.73 Å². The van der Waals surface area contributed by atoms with Crippen LogP contribution in [0.4, 0.5) is 15.9 Å². The third-order valence-corrected chi connectivity index (χ3v) is 7.46. The largest absolute Gasteiger partial charge is 0.369 e. The Bertz CT molecular complexity index is 1430. The summed E-state index contributed by atoms with van der Waals surface area (Å²) < 4.78 is 39.5. The number of primary amides is 1. The highest BCUT2D eigenvalue weighted by Crippen LogP contribution is 2.27. The zero-order chi connectivity index (χ0) is 28.2. The standard InChI is InChI=1S/C26H31ClFN7O3S/c1-17(21-8-5-19(27)15-23(21)28)32-26-22(24(29)36)16-30-25(33-26)18-3-6-20(7-4-18)35-13-11-34(12-14-35)10-9-31-39(2,37)38/h3-8,15-17,31H,9-14H2,1-2H3,(H2,29,36)(H,30,32,33)/t17-/m0/s1. The van der Waals surface area contributed by atoms with E-state index in [0.29, 0.717) is 24.5 Å². The first-order valence-electron chi connectivity index (χ1n) is 12.4. The summed E-state index contributed by atoms with van der Waals surface area (Å²) in [6.07, 6.45) is 2.52. The topological polar surface area (TPSA) is 134 Å². The van der Waals surface area contributed by atoms with Crippen molar-refractivity contribution < 1.29 is 17.6 Å². The Morgan fingerprint density at radius 1 is 1.15 bits per heavy atom. The van der Waals surface area contributed by atoms with Crippen LogP contribution in [0.1, 0.15) is 28.9 Å². The molecule has 10 nitrogen and oxygen atoms in total. The number of nitrogens with zero attached hydrogens (tertiary/aromatic N) is 4. The summed E-state index contributed by atoms with van der Waals surface area (Å²) >= 11 is 5.87. The maximum Gasteiger partial charge on any atom is 0.254 e. The first kappa shape index (κ1) is 28.7. The third-order valence-electron chi connectivity index (χ3n) is 6.49. The van der Waals surface area contributed by atoms with Crippen LogP contribution in [-0.2, 0) is 10.0 Å². The molecule has 0 bridgehead atoms. The van der Waals surface area contributed by atoms with Crippen LogP contribution in [0.5, 0.6) is 0 Å². The van der Waals surface area contributed by atoms with Gasteiger partial charge in [0.25, 0.3) is 5.91 Å². The number of benzene rings is 2. The average molecular weight is 576 g/mol. The number of hydrogen-bond donors (Lipinski definition) is 3. The molecule has 1 saturated heterocycles. The molecule has 208 valence electrons. The fourth-order valence-corrected chi connectivity index (χ4v) is 5.01. The molecule has 0 radical (unpaired) electrons. The fourth-order valence-electron chi connectivity index (χ4n) is 4.39. The van der Waals surface area contributed by atoms with E-state index in [0.717, 1.165) is 43.7 Å². The number of halogens is 2. The van der Waals surface area contributed by atoms with Gasteiger partial charge in [0.1, 0.15) is 11.6 Å². The number of hydrogen-bond acceptors (Lipinski definition) is 8. The number of sulfonamides is 1. The Morgan fingerprint density at radius 2 is 1.85 bits per heavy atom. The van der Waals surface area contributed by atoms with E-state index in [-0.39, 0.29) is 16.4 Å². The predicted molar refractivity (Wildman–Crippen MR) is 151 cm³/mol. The maximum absolute atomic E-state index is 14.4. The van der Waals surface area contributed by atoms with Gasteiger partial charge in [-0.25, -0.2) is 27.5 Å². The molecule has 0 spiro atoms. The summed E-state index contributed by atoms with van der Waals surface area (Å²) in [7, 11) is -3.18. The third kappa shape index (κ3) is 7.63. The van der Waals surface area contributed by atoms with Crippen LogP contribution in [0.2, 0.25) is 5.02 Å². The average Bonchev–Trinajstić information content (AvgIpc) is 2.88. The monoisotopic (exact) mass is 575 g/mol. The van der Waals surface area contributed by atoms with E-state index in [2.05, 4.69) is 29.8 Å². The molecule has 0 unspecified atom stereocenters. The van der Waals surface area contributed by atoms with Crippen molar-refractivity contribution in [2.75, 3.05) is 55.7 Å². The maximum atomic E-state index is 14.4. The van der Waals surface area contributed by atoms with E-state index >= 15 is 0 Å². The highest BCUT2D eigenvalue weighted by atomic mass is 35.5. The molecule has 4 N–H and O–H groups in total. The number of rotatable bonds is 10.